The lowest BCUT2D eigenvalue weighted by molar-refractivity contribution is -0.137. The third kappa shape index (κ3) is 5.88. The van der Waals surface area contributed by atoms with E-state index < -0.39 is 11.9 Å². The third-order valence-electron chi connectivity index (χ3n) is 5.66. The Balaban J connectivity index is 1.54. The van der Waals surface area contributed by atoms with E-state index in [1.165, 1.54) is 0 Å². The molecule has 4 rings (SSSR count). The summed E-state index contributed by atoms with van der Waals surface area (Å²) in [6.07, 6.45) is 0.362. The van der Waals surface area contributed by atoms with Crippen LogP contribution < -0.4 is 10.6 Å². The van der Waals surface area contributed by atoms with E-state index >= 15 is 0 Å². The van der Waals surface area contributed by atoms with Crippen LogP contribution in [0, 0.1) is 0 Å². The van der Waals surface area contributed by atoms with Gasteiger partial charge in [-0.1, -0.05) is 60.7 Å². The fourth-order valence-electron chi connectivity index (χ4n) is 3.86. The first-order valence-electron chi connectivity index (χ1n) is 11.3. The number of carbonyl (C=O) groups is 3. The molecule has 0 spiro atoms. The second-order valence-corrected chi connectivity index (χ2v) is 8.02. The Hall–Kier alpha value is -3.97. The number of nitrogens with zero attached hydrogens (tertiary/aromatic N) is 1. The zero-order chi connectivity index (χ0) is 23.8. The van der Waals surface area contributed by atoms with E-state index in [2.05, 4.69) is 10.6 Å². The van der Waals surface area contributed by atoms with Gasteiger partial charge in [0.05, 0.1) is 24.5 Å². The highest BCUT2D eigenvalue weighted by atomic mass is 16.5. The number of rotatable bonds is 7. The van der Waals surface area contributed by atoms with E-state index in [1.807, 2.05) is 36.4 Å². The molecule has 3 aromatic carbocycles. The average Bonchev–Trinajstić information content (AvgIpc) is 2.89. The molecule has 3 aromatic rings. The van der Waals surface area contributed by atoms with Gasteiger partial charge in [-0.25, -0.2) is 0 Å². The number of nitrogens with one attached hydrogen (secondary N) is 2. The average molecular weight is 458 g/mol. The van der Waals surface area contributed by atoms with Gasteiger partial charge in [0.15, 0.2) is 0 Å². The van der Waals surface area contributed by atoms with E-state index in [0.717, 1.165) is 5.56 Å². The number of benzene rings is 3. The van der Waals surface area contributed by atoms with Gasteiger partial charge in [-0.3, -0.25) is 14.4 Å². The zero-order valence-corrected chi connectivity index (χ0v) is 18.8. The normalized spacial score (nSPS) is 14.2. The summed E-state index contributed by atoms with van der Waals surface area (Å²) in [6.45, 7) is 1.94. The first-order valence-corrected chi connectivity index (χ1v) is 11.3. The highest BCUT2D eigenvalue weighted by Gasteiger charge is 2.28. The topological polar surface area (TPSA) is 87.7 Å². The van der Waals surface area contributed by atoms with Crippen molar-refractivity contribution in [3.8, 4) is 0 Å². The second kappa shape index (κ2) is 11.2. The molecule has 1 atom stereocenters. The largest absolute Gasteiger partial charge is 0.378 e. The predicted octanol–water partition coefficient (Wildman–Crippen LogP) is 3.14. The SMILES string of the molecule is O=C(Nc1ccccc1C(=O)NC(Cc1ccccc1)C(=O)N1CCOCC1)c1ccccc1. The Morgan fingerprint density at radius 2 is 1.41 bits per heavy atom. The molecule has 0 aromatic heterocycles. The summed E-state index contributed by atoms with van der Waals surface area (Å²) < 4.78 is 5.37. The highest BCUT2D eigenvalue weighted by Crippen LogP contribution is 2.17. The Morgan fingerprint density at radius 3 is 2.12 bits per heavy atom. The van der Waals surface area contributed by atoms with Crippen LogP contribution in [0.1, 0.15) is 26.3 Å². The summed E-state index contributed by atoms with van der Waals surface area (Å²) in [5.41, 5.74) is 2.10. The summed E-state index contributed by atoms with van der Waals surface area (Å²) in [5, 5.41) is 5.72. The maximum absolute atomic E-state index is 13.3. The van der Waals surface area contributed by atoms with Crippen LogP contribution in [0.2, 0.25) is 0 Å². The van der Waals surface area contributed by atoms with Crippen LogP contribution in [0.3, 0.4) is 0 Å². The summed E-state index contributed by atoms with van der Waals surface area (Å²) in [4.78, 5) is 41.0. The molecular weight excluding hydrogens is 430 g/mol. The Bertz CT molecular complexity index is 1130. The first-order chi connectivity index (χ1) is 16.6. The Morgan fingerprint density at radius 1 is 0.794 bits per heavy atom. The van der Waals surface area contributed by atoms with Crippen molar-refractivity contribution in [1.29, 1.82) is 0 Å². The molecule has 7 nitrogen and oxygen atoms in total. The van der Waals surface area contributed by atoms with Crippen molar-refractivity contribution in [3.05, 3.63) is 102 Å². The zero-order valence-electron chi connectivity index (χ0n) is 18.8. The molecule has 1 heterocycles. The number of morpholine rings is 1. The monoisotopic (exact) mass is 457 g/mol. The Labute approximate surface area is 198 Å². The molecule has 1 aliphatic heterocycles. The van der Waals surface area contributed by atoms with Gasteiger partial charge in [-0.15, -0.1) is 0 Å². The summed E-state index contributed by atoms with van der Waals surface area (Å²) in [7, 11) is 0. The molecule has 3 amide bonds. The van der Waals surface area contributed by atoms with Crippen LogP contribution in [0.25, 0.3) is 0 Å². The molecule has 34 heavy (non-hydrogen) atoms. The Kier molecular flexibility index (Phi) is 7.67. The molecule has 7 heteroatoms. The van der Waals surface area contributed by atoms with Crippen LogP contribution in [0.4, 0.5) is 5.69 Å². The van der Waals surface area contributed by atoms with Crippen molar-refractivity contribution in [1.82, 2.24) is 10.2 Å². The molecule has 1 unspecified atom stereocenters. The van der Waals surface area contributed by atoms with Gasteiger partial charge in [-0.05, 0) is 29.8 Å². The standard InChI is InChI=1S/C27H27N3O4/c31-25(21-11-5-2-6-12-21)28-23-14-8-7-13-22(23)26(32)29-24(19-20-9-3-1-4-10-20)27(33)30-15-17-34-18-16-30/h1-14,24H,15-19H2,(H,28,31)(H,29,32). The number of carbonyl (C=O) groups excluding carboxylic acids is 3. The van der Waals surface area contributed by atoms with Crippen LogP contribution >= 0.6 is 0 Å². The maximum atomic E-state index is 13.3. The van der Waals surface area contributed by atoms with Crippen LogP contribution in [-0.4, -0.2) is 55.0 Å². The lowest BCUT2D eigenvalue weighted by Gasteiger charge is -2.31. The van der Waals surface area contributed by atoms with Gasteiger partial charge in [0.25, 0.3) is 11.8 Å². The van der Waals surface area contributed by atoms with Crippen molar-refractivity contribution in [2.45, 2.75) is 12.5 Å². The molecule has 0 saturated carbocycles. The quantitative estimate of drug-likeness (QED) is 0.571. The van der Waals surface area contributed by atoms with Gasteiger partial charge >= 0.3 is 0 Å². The van der Waals surface area contributed by atoms with Crippen molar-refractivity contribution in [2.24, 2.45) is 0 Å². The minimum absolute atomic E-state index is 0.147. The summed E-state index contributed by atoms with van der Waals surface area (Å²) in [6, 6.07) is 24.4. The molecule has 0 bridgehead atoms. The van der Waals surface area contributed by atoms with E-state index in [9.17, 15) is 14.4 Å². The van der Waals surface area contributed by atoms with Gasteiger partial charge in [0.2, 0.25) is 5.91 Å². The number of ether oxygens (including phenoxy) is 1. The number of hydrogen-bond acceptors (Lipinski definition) is 4. The van der Waals surface area contributed by atoms with E-state index in [4.69, 9.17) is 4.74 Å². The van der Waals surface area contributed by atoms with Crippen LogP contribution in [0.15, 0.2) is 84.9 Å². The van der Waals surface area contributed by atoms with Gasteiger partial charge in [0.1, 0.15) is 6.04 Å². The molecule has 2 N–H and O–H groups in total. The number of anilines is 1. The first kappa shape index (κ1) is 23.2. The summed E-state index contributed by atoms with van der Waals surface area (Å²) >= 11 is 0. The molecule has 0 aliphatic carbocycles. The molecule has 1 fully saturated rings. The van der Waals surface area contributed by atoms with Crippen molar-refractivity contribution in [3.63, 3.8) is 0 Å². The van der Waals surface area contributed by atoms with Gasteiger partial charge < -0.3 is 20.3 Å². The lowest BCUT2D eigenvalue weighted by Crippen LogP contribution is -2.52. The maximum Gasteiger partial charge on any atom is 0.255 e. The van der Waals surface area contributed by atoms with Crippen molar-refractivity contribution in [2.75, 3.05) is 31.6 Å². The smallest absolute Gasteiger partial charge is 0.255 e. The van der Waals surface area contributed by atoms with Crippen molar-refractivity contribution >= 4 is 23.4 Å². The number of hydrogen-bond donors (Lipinski definition) is 2. The van der Waals surface area contributed by atoms with Crippen LogP contribution in [0.5, 0.6) is 0 Å². The van der Waals surface area contributed by atoms with E-state index in [1.54, 1.807) is 53.4 Å². The van der Waals surface area contributed by atoms with Gasteiger partial charge in [0, 0.05) is 25.1 Å². The molecule has 1 aliphatic rings. The molecule has 1 saturated heterocycles. The minimum Gasteiger partial charge on any atom is -0.378 e. The van der Waals surface area contributed by atoms with Gasteiger partial charge in [-0.2, -0.15) is 0 Å². The molecule has 0 radical (unpaired) electrons. The fraction of sp³-hybridized carbons (Fsp3) is 0.222. The molecule has 174 valence electrons. The van der Waals surface area contributed by atoms with Crippen molar-refractivity contribution < 1.29 is 19.1 Å². The number of para-hydroxylation sites is 1. The second-order valence-electron chi connectivity index (χ2n) is 8.02. The number of amides is 3. The van der Waals surface area contributed by atoms with E-state index in [0.29, 0.717) is 49.5 Å². The predicted molar refractivity (Wildman–Crippen MR) is 130 cm³/mol. The van der Waals surface area contributed by atoms with E-state index in [-0.39, 0.29) is 11.8 Å². The fourth-order valence-corrected chi connectivity index (χ4v) is 3.86. The summed E-state index contributed by atoms with van der Waals surface area (Å²) in [5.74, 6) is -0.885. The lowest BCUT2D eigenvalue weighted by atomic mass is 10.0. The highest BCUT2D eigenvalue weighted by molar-refractivity contribution is 6.09. The third-order valence-corrected chi connectivity index (χ3v) is 5.66. The van der Waals surface area contributed by atoms with Crippen LogP contribution in [-0.2, 0) is 16.0 Å². The minimum atomic E-state index is -0.745. The molecular formula is C27H27N3O4.